The molecule has 0 radical (unpaired) electrons. The van der Waals surface area contributed by atoms with Crippen molar-refractivity contribution in [3.8, 4) is 0 Å². The zero-order valence-corrected chi connectivity index (χ0v) is 14.6. The maximum absolute atomic E-state index is 12.0. The van der Waals surface area contributed by atoms with E-state index in [-0.39, 0.29) is 6.61 Å². The smallest absolute Gasteiger partial charge is 0.408 e. The normalized spacial score (nSPS) is 12.6. The van der Waals surface area contributed by atoms with Gasteiger partial charge in [0.1, 0.15) is 5.60 Å². The molecule has 6 heteroatoms. The van der Waals surface area contributed by atoms with Crippen molar-refractivity contribution in [2.24, 2.45) is 0 Å². The molecule has 0 aliphatic carbocycles. The average molecular weight is 317 g/mol. The molecule has 0 rings (SSSR count). The quantitative estimate of drug-likeness (QED) is 0.495. The maximum atomic E-state index is 12.0. The summed E-state index contributed by atoms with van der Waals surface area (Å²) in [5, 5.41) is 2.52. The van der Waals surface area contributed by atoms with E-state index in [0.717, 1.165) is 25.7 Å². The molecule has 130 valence electrons. The van der Waals surface area contributed by atoms with Crippen molar-refractivity contribution in [3.63, 3.8) is 0 Å². The van der Waals surface area contributed by atoms with Crippen molar-refractivity contribution in [1.82, 2.24) is 5.32 Å². The van der Waals surface area contributed by atoms with Gasteiger partial charge < -0.3 is 19.5 Å². The van der Waals surface area contributed by atoms with Crippen LogP contribution in [0.4, 0.5) is 4.79 Å². The SMILES string of the molecule is CCCCOC[C@H](NC(=O)OC(C)(C)C)C(=O)OCCCC. The highest BCUT2D eigenvalue weighted by atomic mass is 16.6. The van der Waals surface area contributed by atoms with Crippen LogP contribution >= 0.6 is 0 Å². The molecule has 22 heavy (non-hydrogen) atoms. The summed E-state index contributed by atoms with van der Waals surface area (Å²) in [6.45, 7) is 10.3. The van der Waals surface area contributed by atoms with Gasteiger partial charge in [-0.2, -0.15) is 0 Å². The van der Waals surface area contributed by atoms with E-state index >= 15 is 0 Å². The van der Waals surface area contributed by atoms with E-state index in [4.69, 9.17) is 14.2 Å². The Morgan fingerprint density at radius 1 is 1.05 bits per heavy atom. The highest BCUT2D eigenvalue weighted by Crippen LogP contribution is 2.07. The molecule has 0 bridgehead atoms. The number of amides is 1. The number of carbonyl (C=O) groups is 2. The van der Waals surface area contributed by atoms with Gasteiger partial charge >= 0.3 is 12.1 Å². The molecule has 0 saturated carbocycles. The van der Waals surface area contributed by atoms with E-state index in [1.54, 1.807) is 20.8 Å². The number of nitrogens with one attached hydrogen (secondary N) is 1. The minimum atomic E-state index is -0.844. The van der Waals surface area contributed by atoms with Crippen LogP contribution in [0, 0.1) is 0 Å². The topological polar surface area (TPSA) is 73.9 Å². The largest absolute Gasteiger partial charge is 0.464 e. The summed E-state index contributed by atoms with van der Waals surface area (Å²) >= 11 is 0. The van der Waals surface area contributed by atoms with Crippen LogP contribution < -0.4 is 5.32 Å². The molecule has 0 spiro atoms. The molecule has 0 aromatic rings. The second-order valence-corrected chi connectivity index (χ2v) is 6.15. The van der Waals surface area contributed by atoms with Gasteiger partial charge in [-0.25, -0.2) is 9.59 Å². The highest BCUT2D eigenvalue weighted by Gasteiger charge is 2.25. The van der Waals surface area contributed by atoms with Gasteiger partial charge in [0.2, 0.25) is 0 Å². The number of ether oxygens (including phenoxy) is 3. The monoisotopic (exact) mass is 317 g/mol. The number of carbonyl (C=O) groups excluding carboxylic acids is 2. The molecule has 1 atom stereocenters. The van der Waals surface area contributed by atoms with Crippen LogP contribution in [0.3, 0.4) is 0 Å². The lowest BCUT2D eigenvalue weighted by Crippen LogP contribution is -2.47. The molecule has 1 N–H and O–H groups in total. The molecule has 0 unspecified atom stereocenters. The summed E-state index contributed by atoms with van der Waals surface area (Å²) in [7, 11) is 0. The van der Waals surface area contributed by atoms with Crippen molar-refractivity contribution in [1.29, 1.82) is 0 Å². The summed E-state index contributed by atoms with van der Waals surface area (Å²) < 4.78 is 15.7. The molecule has 6 nitrogen and oxygen atoms in total. The number of hydrogen-bond donors (Lipinski definition) is 1. The first-order valence-electron chi connectivity index (χ1n) is 8.04. The second-order valence-electron chi connectivity index (χ2n) is 6.15. The highest BCUT2D eigenvalue weighted by molar-refractivity contribution is 5.81. The summed E-state index contributed by atoms with van der Waals surface area (Å²) in [5.74, 6) is -0.490. The Bertz CT molecular complexity index is 325. The standard InChI is InChI=1S/C16H31NO5/c1-6-8-10-20-12-13(14(18)21-11-9-7-2)17-15(19)22-16(3,4)5/h13H,6-12H2,1-5H3,(H,17,19)/t13-/m0/s1. The van der Waals surface area contributed by atoms with Gasteiger partial charge in [-0.05, 0) is 33.6 Å². The van der Waals surface area contributed by atoms with Crippen LogP contribution in [0.25, 0.3) is 0 Å². The summed E-state index contributed by atoms with van der Waals surface area (Å²) in [6.07, 6.45) is 2.99. The van der Waals surface area contributed by atoms with Gasteiger partial charge in [-0.1, -0.05) is 26.7 Å². The van der Waals surface area contributed by atoms with Gasteiger partial charge in [0.05, 0.1) is 13.2 Å². The number of hydrogen-bond acceptors (Lipinski definition) is 5. The number of alkyl carbamates (subject to hydrolysis) is 1. The first-order chi connectivity index (χ1) is 10.3. The van der Waals surface area contributed by atoms with Crippen LogP contribution in [0.5, 0.6) is 0 Å². The van der Waals surface area contributed by atoms with E-state index < -0.39 is 23.7 Å². The Morgan fingerprint density at radius 3 is 2.18 bits per heavy atom. The van der Waals surface area contributed by atoms with E-state index in [1.165, 1.54) is 0 Å². The second kappa shape index (κ2) is 11.3. The zero-order valence-electron chi connectivity index (χ0n) is 14.6. The van der Waals surface area contributed by atoms with Gasteiger partial charge in [-0.15, -0.1) is 0 Å². The van der Waals surface area contributed by atoms with Gasteiger partial charge in [0.25, 0.3) is 0 Å². The molecule has 0 saturated heterocycles. The molecular weight excluding hydrogens is 286 g/mol. The van der Waals surface area contributed by atoms with E-state index in [2.05, 4.69) is 12.2 Å². The van der Waals surface area contributed by atoms with Crippen LogP contribution in [-0.2, 0) is 19.0 Å². The minimum absolute atomic E-state index is 0.0875. The summed E-state index contributed by atoms with van der Waals surface area (Å²) in [4.78, 5) is 23.8. The van der Waals surface area contributed by atoms with Crippen molar-refractivity contribution in [3.05, 3.63) is 0 Å². The fraction of sp³-hybridized carbons (Fsp3) is 0.875. The molecule has 0 aliphatic heterocycles. The van der Waals surface area contributed by atoms with Gasteiger partial charge in [0, 0.05) is 6.61 Å². The zero-order chi connectivity index (χ0) is 17.0. The summed E-state index contributed by atoms with van der Waals surface area (Å²) in [5.41, 5.74) is -0.621. The molecule has 0 aliphatic rings. The molecule has 0 heterocycles. The van der Waals surface area contributed by atoms with E-state index in [1.807, 2.05) is 6.92 Å². The summed E-state index contributed by atoms with van der Waals surface area (Å²) in [6, 6.07) is -0.844. The Balaban J connectivity index is 4.43. The fourth-order valence-corrected chi connectivity index (χ4v) is 1.48. The van der Waals surface area contributed by atoms with Crippen LogP contribution in [0.15, 0.2) is 0 Å². The Hall–Kier alpha value is -1.30. The predicted octanol–water partition coefficient (Wildman–Crippen LogP) is 3.04. The Morgan fingerprint density at radius 2 is 1.64 bits per heavy atom. The lowest BCUT2D eigenvalue weighted by molar-refractivity contribution is -0.148. The molecular formula is C16H31NO5. The maximum Gasteiger partial charge on any atom is 0.408 e. The lowest BCUT2D eigenvalue weighted by Gasteiger charge is -2.23. The third-order valence-electron chi connectivity index (χ3n) is 2.64. The third-order valence-corrected chi connectivity index (χ3v) is 2.64. The number of rotatable bonds is 10. The van der Waals surface area contributed by atoms with Gasteiger partial charge in [-0.3, -0.25) is 0 Å². The molecule has 0 fully saturated rings. The first kappa shape index (κ1) is 20.7. The fourth-order valence-electron chi connectivity index (χ4n) is 1.48. The van der Waals surface area contributed by atoms with E-state index in [0.29, 0.717) is 13.2 Å². The first-order valence-corrected chi connectivity index (χ1v) is 8.04. The molecule has 0 aromatic carbocycles. The van der Waals surface area contributed by atoms with Gasteiger partial charge in [0.15, 0.2) is 6.04 Å². The minimum Gasteiger partial charge on any atom is -0.464 e. The van der Waals surface area contributed by atoms with Crippen LogP contribution in [0.2, 0.25) is 0 Å². The lowest BCUT2D eigenvalue weighted by atomic mass is 10.2. The van der Waals surface area contributed by atoms with E-state index in [9.17, 15) is 9.59 Å². The number of esters is 1. The van der Waals surface area contributed by atoms with Crippen molar-refractivity contribution in [2.75, 3.05) is 19.8 Å². The average Bonchev–Trinajstić information content (AvgIpc) is 2.40. The van der Waals surface area contributed by atoms with Crippen molar-refractivity contribution >= 4 is 12.1 Å². The van der Waals surface area contributed by atoms with Crippen LogP contribution in [-0.4, -0.2) is 43.5 Å². The van der Waals surface area contributed by atoms with Crippen molar-refractivity contribution in [2.45, 2.75) is 71.9 Å². The molecule has 0 aromatic heterocycles. The number of unbranched alkanes of at least 4 members (excludes halogenated alkanes) is 2. The third kappa shape index (κ3) is 11.4. The van der Waals surface area contributed by atoms with Crippen LogP contribution in [0.1, 0.15) is 60.3 Å². The Kier molecular flexibility index (Phi) is 10.6. The predicted molar refractivity (Wildman–Crippen MR) is 84.8 cm³/mol. The molecule has 1 amide bonds. The Labute approximate surface area is 133 Å². The van der Waals surface area contributed by atoms with Crippen molar-refractivity contribution < 1.29 is 23.8 Å².